The molecule has 1 saturated heterocycles. The third-order valence-electron chi connectivity index (χ3n) is 2.97. The number of aliphatic hydroxyl groups excluding tert-OH is 1. The summed E-state index contributed by atoms with van der Waals surface area (Å²) < 4.78 is 0. The van der Waals surface area contributed by atoms with Crippen LogP contribution < -0.4 is 5.73 Å². The average Bonchev–Trinajstić information content (AvgIpc) is 2.82. The van der Waals surface area contributed by atoms with Crippen molar-refractivity contribution in [3.05, 3.63) is 35.4 Å². The zero-order chi connectivity index (χ0) is 10.7. The van der Waals surface area contributed by atoms with Gasteiger partial charge in [-0.3, -0.25) is 0 Å². The van der Waals surface area contributed by atoms with E-state index in [0.717, 1.165) is 23.3 Å². The molecule has 2 nitrogen and oxygen atoms in total. The first kappa shape index (κ1) is 11.0. The van der Waals surface area contributed by atoms with Gasteiger partial charge in [0, 0.05) is 6.54 Å². The highest BCUT2D eigenvalue weighted by Crippen LogP contribution is 2.33. The minimum atomic E-state index is -0.299. The van der Waals surface area contributed by atoms with Gasteiger partial charge in [-0.05, 0) is 35.0 Å². The Morgan fingerprint density at radius 3 is 2.67 bits per heavy atom. The standard InChI is InChI=1S/C12H17NOS/c13-7-9-1-3-10(4-2-9)12(14)11-5-6-15-8-11/h1-4,11-12,14H,5-8,13H2. The van der Waals surface area contributed by atoms with Crippen LogP contribution in [0.1, 0.15) is 23.7 Å². The van der Waals surface area contributed by atoms with Crippen molar-refractivity contribution in [1.29, 1.82) is 0 Å². The van der Waals surface area contributed by atoms with Crippen LogP contribution in [0.15, 0.2) is 24.3 Å². The van der Waals surface area contributed by atoms with E-state index in [1.54, 1.807) is 0 Å². The van der Waals surface area contributed by atoms with Crippen molar-refractivity contribution in [3.63, 3.8) is 0 Å². The first-order chi connectivity index (χ1) is 7.31. The molecule has 1 aromatic carbocycles. The van der Waals surface area contributed by atoms with Crippen molar-refractivity contribution in [2.45, 2.75) is 19.1 Å². The maximum absolute atomic E-state index is 10.1. The van der Waals surface area contributed by atoms with Gasteiger partial charge >= 0.3 is 0 Å². The van der Waals surface area contributed by atoms with Gasteiger partial charge in [-0.2, -0.15) is 11.8 Å². The zero-order valence-corrected chi connectivity index (χ0v) is 9.54. The van der Waals surface area contributed by atoms with Crippen LogP contribution in [0.3, 0.4) is 0 Å². The van der Waals surface area contributed by atoms with Crippen LogP contribution in [0.4, 0.5) is 0 Å². The third kappa shape index (κ3) is 2.54. The first-order valence-corrected chi connectivity index (χ1v) is 6.51. The Balaban J connectivity index is 2.07. The average molecular weight is 223 g/mol. The van der Waals surface area contributed by atoms with Crippen LogP contribution in [0.2, 0.25) is 0 Å². The van der Waals surface area contributed by atoms with E-state index in [2.05, 4.69) is 0 Å². The zero-order valence-electron chi connectivity index (χ0n) is 8.73. The van der Waals surface area contributed by atoms with E-state index >= 15 is 0 Å². The fourth-order valence-electron chi connectivity index (χ4n) is 1.92. The van der Waals surface area contributed by atoms with Crippen LogP contribution in [0, 0.1) is 5.92 Å². The second-order valence-corrected chi connectivity index (χ2v) is 5.16. The minimum Gasteiger partial charge on any atom is -0.388 e. The van der Waals surface area contributed by atoms with Gasteiger partial charge in [0.1, 0.15) is 0 Å². The Bertz CT molecular complexity index is 306. The lowest BCUT2D eigenvalue weighted by atomic mass is 9.95. The molecule has 2 atom stereocenters. The van der Waals surface area contributed by atoms with Crippen LogP contribution in [-0.2, 0) is 6.54 Å². The lowest BCUT2D eigenvalue weighted by Crippen LogP contribution is -2.11. The maximum atomic E-state index is 10.1. The predicted molar refractivity (Wildman–Crippen MR) is 64.7 cm³/mol. The lowest BCUT2D eigenvalue weighted by Gasteiger charge is -2.17. The minimum absolute atomic E-state index is 0.299. The molecular formula is C12H17NOS. The monoisotopic (exact) mass is 223 g/mol. The highest BCUT2D eigenvalue weighted by atomic mass is 32.2. The summed E-state index contributed by atoms with van der Waals surface area (Å²) in [6, 6.07) is 7.99. The van der Waals surface area contributed by atoms with Gasteiger partial charge < -0.3 is 10.8 Å². The highest BCUT2D eigenvalue weighted by Gasteiger charge is 2.24. The fraction of sp³-hybridized carbons (Fsp3) is 0.500. The molecule has 0 amide bonds. The number of aliphatic hydroxyl groups is 1. The van der Waals surface area contributed by atoms with Crippen molar-refractivity contribution < 1.29 is 5.11 Å². The molecule has 0 radical (unpaired) electrons. The smallest absolute Gasteiger partial charge is 0.0826 e. The second-order valence-electron chi connectivity index (χ2n) is 4.01. The van der Waals surface area contributed by atoms with Gasteiger partial charge in [0.25, 0.3) is 0 Å². The van der Waals surface area contributed by atoms with Crippen molar-refractivity contribution in [2.75, 3.05) is 11.5 Å². The van der Waals surface area contributed by atoms with Crippen molar-refractivity contribution in [3.8, 4) is 0 Å². The molecule has 2 unspecified atom stereocenters. The molecule has 0 bridgehead atoms. The summed E-state index contributed by atoms with van der Waals surface area (Å²) in [5.41, 5.74) is 7.68. The SMILES string of the molecule is NCc1ccc(C(O)C2CCSC2)cc1. The van der Waals surface area contributed by atoms with E-state index in [-0.39, 0.29) is 6.10 Å². The molecule has 1 heterocycles. The normalized spacial score (nSPS) is 22.9. The molecule has 0 aliphatic carbocycles. The van der Waals surface area contributed by atoms with Gasteiger partial charge in [0.05, 0.1) is 6.10 Å². The van der Waals surface area contributed by atoms with Crippen LogP contribution in [0.5, 0.6) is 0 Å². The quantitative estimate of drug-likeness (QED) is 0.823. The topological polar surface area (TPSA) is 46.2 Å². The molecule has 1 aliphatic rings. The van der Waals surface area contributed by atoms with Crippen molar-refractivity contribution in [1.82, 2.24) is 0 Å². The maximum Gasteiger partial charge on any atom is 0.0826 e. The van der Waals surface area contributed by atoms with E-state index < -0.39 is 0 Å². The van der Waals surface area contributed by atoms with E-state index in [1.807, 2.05) is 36.0 Å². The van der Waals surface area contributed by atoms with E-state index in [4.69, 9.17) is 5.73 Å². The number of rotatable bonds is 3. The van der Waals surface area contributed by atoms with E-state index in [0.29, 0.717) is 12.5 Å². The van der Waals surface area contributed by atoms with Gasteiger partial charge in [-0.15, -0.1) is 0 Å². The first-order valence-electron chi connectivity index (χ1n) is 5.36. The van der Waals surface area contributed by atoms with Gasteiger partial charge in [-0.25, -0.2) is 0 Å². The molecule has 0 saturated carbocycles. The summed E-state index contributed by atoms with van der Waals surface area (Å²) in [5, 5.41) is 10.1. The Hall–Kier alpha value is -0.510. The number of hydrogen-bond donors (Lipinski definition) is 2. The van der Waals surface area contributed by atoms with Crippen molar-refractivity contribution >= 4 is 11.8 Å². The Kier molecular flexibility index (Phi) is 3.67. The molecule has 0 spiro atoms. The summed E-state index contributed by atoms with van der Waals surface area (Å²) in [7, 11) is 0. The fourth-order valence-corrected chi connectivity index (χ4v) is 3.21. The van der Waals surface area contributed by atoms with E-state index in [1.165, 1.54) is 5.75 Å². The Labute approximate surface area is 94.9 Å². The molecule has 3 N–H and O–H groups in total. The largest absolute Gasteiger partial charge is 0.388 e. The third-order valence-corrected chi connectivity index (χ3v) is 4.16. The Morgan fingerprint density at radius 2 is 2.13 bits per heavy atom. The number of hydrogen-bond acceptors (Lipinski definition) is 3. The molecule has 1 aromatic rings. The Morgan fingerprint density at radius 1 is 1.40 bits per heavy atom. The molecule has 1 aliphatic heterocycles. The van der Waals surface area contributed by atoms with Crippen LogP contribution in [0.25, 0.3) is 0 Å². The number of benzene rings is 1. The summed E-state index contributed by atoms with van der Waals surface area (Å²) in [6.45, 7) is 0.565. The summed E-state index contributed by atoms with van der Waals surface area (Å²) >= 11 is 1.93. The predicted octanol–water partition coefficient (Wildman–Crippen LogP) is 1.93. The van der Waals surface area contributed by atoms with Gasteiger partial charge in [0.15, 0.2) is 0 Å². The highest BCUT2D eigenvalue weighted by molar-refractivity contribution is 7.99. The van der Waals surface area contributed by atoms with Crippen molar-refractivity contribution in [2.24, 2.45) is 11.7 Å². The van der Waals surface area contributed by atoms with Gasteiger partial charge in [-0.1, -0.05) is 24.3 Å². The molecule has 2 rings (SSSR count). The molecular weight excluding hydrogens is 206 g/mol. The van der Waals surface area contributed by atoms with Gasteiger partial charge in [0.2, 0.25) is 0 Å². The number of nitrogens with two attached hydrogens (primary N) is 1. The molecule has 82 valence electrons. The lowest BCUT2D eigenvalue weighted by molar-refractivity contribution is 0.121. The molecule has 3 heteroatoms. The molecule has 15 heavy (non-hydrogen) atoms. The molecule has 0 aromatic heterocycles. The second kappa shape index (κ2) is 5.01. The van der Waals surface area contributed by atoms with Crippen LogP contribution >= 0.6 is 11.8 Å². The van der Waals surface area contributed by atoms with E-state index in [9.17, 15) is 5.11 Å². The van der Waals surface area contributed by atoms with Crippen LogP contribution in [-0.4, -0.2) is 16.6 Å². The summed E-state index contributed by atoms with van der Waals surface area (Å²) in [5.74, 6) is 2.70. The summed E-state index contributed by atoms with van der Waals surface area (Å²) in [4.78, 5) is 0. The molecule has 1 fully saturated rings. The summed E-state index contributed by atoms with van der Waals surface area (Å²) in [6.07, 6.45) is 0.830. The number of thioether (sulfide) groups is 1.